The highest BCUT2D eigenvalue weighted by atomic mass is 32.2. The Balaban J connectivity index is 1.86. The van der Waals surface area contributed by atoms with Crippen LogP contribution in [0.15, 0.2) is 80.8 Å². The molecule has 1 aromatic heterocycles. The molecule has 4 rings (SSSR count). The molecule has 0 aliphatic carbocycles. The largest absolute Gasteiger partial charge is 0.414 e. The van der Waals surface area contributed by atoms with E-state index in [2.05, 4.69) is 0 Å². The predicted molar refractivity (Wildman–Crippen MR) is 121 cm³/mol. The summed E-state index contributed by atoms with van der Waals surface area (Å²) < 4.78 is 33.7. The van der Waals surface area contributed by atoms with Gasteiger partial charge in [-0.1, -0.05) is 59.4 Å². The highest BCUT2D eigenvalue weighted by Gasteiger charge is 2.32. The Morgan fingerprint density at radius 3 is 2.45 bits per heavy atom. The molecule has 6 nitrogen and oxygen atoms in total. The number of hydrogen-bond donors (Lipinski definition) is 0. The monoisotopic (exact) mass is 453 g/mol. The zero-order chi connectivity index (χ0) is 22.2. The van der Waals surface area contributed by atoms with Crippen LogP contribution < -0.4 is 9.24 Å². The van der Waals surface area contributed by atoms with Gasteiger partial charge in [0.2, 0.25) is 5.91 Å². The van der Waals surface area contributed by atoms with E-state index < -0.39 is 20.9 Å². The van der Waals surface area contributed by atoms with E-state index in [-0.39, 0.29) is 17.0 Å². The van der Waals surface area contributed by atoms with Crippen LogP contribution in [0, 0.1) is 13.8 Å². The van der Waals surface area contributed by atoms with E-state index in [4.69, 9.17) is 4.42 Å². The first-order chi connectivity index (χ1) is 14.8. The molecule has 0 atom stereocenters. The van der Waals surface area contributed by atoms with Gasteiger partial charge in [0, 0.05) is 0 Å². The molecule has 0 aliphatic heterocycles. The Labute approximate surface area is 183 Å². The molecule has 0 bridgehead atoms. The number of anilines is 1. The first kappa shape index (κ1) is 21.0. The first-order valence-corrected chi connectivity index (χ1v) is 11.7. The number of amides is 1. The molecule has 1 amide bonds. The molecule has 0 saturated carbocycles. The lowest BCUT2D eigenvalue weighted by Gasteiger charge is -2.24. The Hall–Kier alpha value is -3.23. The van der Waals surface area contributed by atoms with E-state index in [0.717, 1.165) is 21.2 Å². The van der Waals surface area contributed by atoms with Crippen LogP contribution in [-0.4, -0.2) is 14.3 Å². The van der Waals surface area contributed by atoms with Crippen molar-refractivity contribution in [3.05, 3.63) is 93.2 Å². The van der Waals surface area contributed by atoms with E-state index in [0.29, 0.717) is 21.4 Å². The van der Waals surface area contributed by atoms with Crippen molar-refractivity contribution in [2.24, 2.45) is 0 Å². The molecule has 8 heteroatoms. The molecule has 0 fully saturated rings. The summed E-state index contributed by atoms with van der Waals surface area (Å²) in [6.45, 7) is 3.57. The summed E-state index contributed by atoms with van der Waals surface area (Å²) in [5.41, 5.74) is 2.67. The maximum atomic E-state index is 13.7. The van der Waals surface area contributed by atoms with Gasteiger partial charge < -0.3 is 4.42 Å². The van der Waals surface area contributed by atoms with Crippen molar-refractivity contribution < 1.29 is 17.6 Å². The molecule has 0 N–H and O–H groups in total. The summed E-state index contributed by atoms with van der Waals surface area (Å²) in [5, 5.41) is 0. The van der Waals surface area contributed by atoms with Crippen molar-refractivity contribution in [1.82, 2.24) is 0 Å². The van der Waals surface area contributed by atoms with Gasteiger partial charge in [0.1, 0.15) is 5.58 Å². The summed E-state index contributed by atoms with van der Waals surface area (Å²) in [7, 11) is -4.20. The molecule has 1 heterocycles. The second-order valence-electron chi connectivity index (χ2n) is 7.18. The summed E-state index contributed by atoms with van der Waals surface area (Å²) in [6.07, 6.45) is -0.0926. The lowest BCUT2D eigenvalue weighted by Crippen LogP contribution is -2.38. The van der Waals surface area contributed by atoms with Crippen molar-refractivity contribution in [2.75, 3.05) is 4.31 Å². The third kappa shape index (κ3) is 4.17. The molecular weight excluding hydrogens is 434 g/mol. The fourth-order valence-corrected chi connectivity index (χ4v) is 5.76. The van der Waals surface area contributed by atoms with Crippen molar-refractivity contribution in [3.63, 3.8) is 0 Å². The maximum Gasteiger partial charge on any atom is 0.396 e. The number of nitrogens with zero attached hydrogens (tertiary/aromatic N) is 1. The van der Waals surface area contributed by atoms with Gasteiger partial charge in [-0.25, -0.2) is 17.5 Å². The number of rotatable bonds is 5. The average molecular weight is 454 g/mol. The topological polar surface area (TPSA) is 84.7 Å². The van der Waals surface area contributed by atoms with Gasteiger partial charge in [0.15, 0.2) is 0 Å². The van der Waals surface area contributed by atoms with Crippen molar-refractivity contribution in [3.8, 4) is 0 Å². The number of sulfonamides is 1. The van der Waals surface area contributed by atoms with Gasteiger partial charge >= 0.3 is 4.94 Å². The zero-order valence-corrected chi connectivity index (χ0v) is 18.5. The first-order valence-electron chi connectivity index (χ1n) is 9.49. The van der Waals surface area contributed by atoms with Crippen molar-refractivity contribution in [2.45, 2.75) is 25.2 Å². The SMILES string of the molecule is Cc1ccc(S(=O)(=O)N(C(=O)Cc2ccccc2)c2ccc3oc(=O)sc3c2)c(C)c1. The normalized spacial score (nSPS) is 11.5. The summed E-state index contributed by atoms with van der Waals surface area (Å²) in [4.78, 5) is 24.5. The molecule has 31 heavy (non-hydrogen) atoms. The van der Waals surface area contributed by atoms with Gasteiger partial charge in [-0.15, -0.1) is 0 Å². The lowest BCUT2D eigenvalue weighted by atomic mass is 10.1. The number of carbonyl (C=O) groups is 1. The van der Waals surface area contributed by atoms with Crippen LogP contribution in [0.1, 0.15) is 16.7 Å². The van der Waals surface area contributed by atoms with E-state index in [1.165, 1.54) is 24.3 Å². The lowest BCUT2D eigenvalue weighted by molar-refractivity contribution is -0.116. The molecule has 0 saturated heterocycles. The molecule has 0 unspecified atom stereocenters. The van der Waals surface area contributed by atoms with E-state index in [1.807, 2.05) is 13.0 Å². The Kier molecular flexibility index (Phi) is 5.51. The maximum absolute atomic E-state index is 13.7. The van der Waals surface area contributed by atoms with Gasteiger partial charge in [-0.3, -0.25) is 4.79 Å². The Morgan fingerprint density at radius 1 is 1.00 bits per heavy atom. The summed E-state index contributed by atoms with van der Waals surface area (Å²) >= 11 is 0.856. The molecule has 0 radical (unpaired) electrons. The van der Waals surface area contributed by atoms with E-state index >= 15 is 0 Å². The summed E-state index contributed by atoms with van der Waals surface area (Å²) in [5.74, 6) is -0.596. The minimum Gasteiger partial charge on any atom is -0.414 e. The van der Waals surface area contributed by atoms with Crippen LogP contribution in [-0.2, 0) is 21.2 Å². The number of hydrogen-bond acceptors (Lipinski definition) is 6. The van der Waals surface area contributed by atoms with E-state index in [9.17, 15) is 18.0 Å². The quantitative estimate of drug-likeness (QED) is 0.446. The van der Waals surface area contributed by atoms with Crippen molar-refractivity contribution >= 4 is 43.2 Å². The number of carbonyl (C=O) groups excluding carboxylic acids is 1. The van der Waals surface area contributed by atoms with Crippen LogP contribution in [0.25, 0.3) is 10.3 Å². The smallest absolute Gasteiger partial charge is 0.396 e. The highest BCUT2D eigenvalue weighted by molar-refractivity contribution is 7.93. The Morgan fingerprint density at radius 2 is 1.74 bits per heavy atom. The molecule has 4 aromatic rings. The molecule has 3 aromatic carbocycles. The number of benzene rings is 3. The second kappa shape index (κ2) is 8.13. The number of aryl methyl sites for hydroxylation is 2. The standard InChI is InChI=1S/C23H19NO5S2/c1-15-8-11-21(16(2)12-15)31(27,28)24(22(25)13-17-6-4-3-5-7-17)18-9-10-19-20(14-18)30-23(26)29-19/h3-12,14H,13H2,1-2H3. The van der Waals surface area contributed by atoms with Crippen LogP contribution >= 0.6 is 11.3 Å². The predicted octanol–water partition coefficient (Wildman–Crippen LogP) is 4.44. The fourth-order valence-electron chi connectivity index (χ4n) is 3.43. The summed E-state index contributed by atoms with van der Waals surface area (Å²) in [6, 6.07) is 18.4. The van der Waals surface area contributed by atoms with Crippen LogP contribution in [0.2, 0.25) is 0 Å². The highest BCUT2D eigenvalue weighted by Crippen LogP contribution is 2.30. The van der Waals surface area contributed by atoms with Crippen LogP contribution in [0.3, 0.4) is 0 Å². The van der Waals surface area contributed by atoms with Crippen LogP contribution in [0.4, 0.5) is 5.69 Å². The van der Waals surface area contributed by atoms with Gasteiger partial charge in [0.25, 0.3) is 10.0 Å². The minimum absolute atomic E-state index is 0.0555. The van der Waals surface area contributed by atoms with Gasteiger partial charge in [0.05, 0.1) is 21.7 Å². The second-order valence-corrected chi connectivity index (χ2v) is 9.91. The van der Waals surface area contributed by atoms with Crippen LogP contribution in [0.5, 0.6) is 0 Å². The number of fused-ring (bicyclic) bond motifs is 1. The average Bonchev–Trinajstić information content (AvgIpc) is 3.07. The van der Waals surface area contributed by atoms with Gasteiger partial charge in [-0.2, -0.15) is 0 Å². The Bertz CT molecular complexity index is 1440. The molecule has 158 valence electrons. The fraction of sp³-hybridized carbons (Fsp3) is 0.130. The third-order valence-corrected chi connectivity index (χ3v) is 7.52. The van der Waals surface area contributed by atoms with E-state index in [1.54, 1.807) is 43.3 Å². The molecular formula is C23H19NO5S2. The molecule has 0 spiro atoms. The zero-order valence-electron chi connectivity index (χ0n) is 16.9. The molecule has 0 aliphatic rings. The van der Waals surface area contributed by atoms with Gasteiger partial charge in [-0.05, 0) is 49.2 Å². The minimum atomic E-state index is -4.20. The van der Waals surface area contributed by atoms with Crippen molar-refractivity contribution in [1.29, 1.82) is 0 Å². The third-order valence-electron chi connectivity index (χ3n) is 4.82.